The highest BCUT2D eigenvalue weighted by Gasteiger charge is 2.15. The molecule has 0 aliphatic rings. The van der Waals surface area contributed by atoms with Crippen LogP contribution in [0.3, 0.4) is 0 Å². The Morgan fingerprint density at radius 3 is 2.84 bits per heavy atom. The minimum absolute atomic E-state index is 0.165. The van der Waals surface area contributed by atoms with Gasteiger partial charge in [-0.05, 0) is 31.2 Å². The van der Waals surface area contributed by atoms with Crippen LogP contribution in [-0.2, 0) is 0 Å². The number of aromatic nitrogens is 1. The fourth-order valence-corrected chi connectivity index (χ4v) is 1.91. The summed E-state index contributed by atoms with van der Waals surface area (Å²) in [4.78, 5) is 16.4. The predicted molar refractivity (Wildman–Crippen MR) is 68.6 cm³/mol. The maximum atomic E-state index is 13.1. The van der Waals surface area contributed by atoms with Crippen molar-refractivity contribution >= 4 is 16.9 Å². The van der Waals surface area contributed by atoms with Gasteiger partial charge < -0.3 is 4.42 Å². The number of hydrogen-bond donors (Lipinski definition) is 0. The van der Waals surface area contributed by atoms with Crippen LogP contribution in [0, 0.1) is 12.7 Å². The van der Waals surface area contributed by atoms with Gasteiger partial charge in [-0.3, -0.25) is 4.79 Å². The molecule has 0 N–H and O–H groups in total. The Kier molecular flexibility index (Phi) is 2.63. The number of rotatable bonds is 2. The van der Waals surface area contributed by atoms with Gasteiger partial charge in [0.25, 0.3) is 0 Å². The molecule has 0 aliphatic heterocycles. The zero-order valence-corrected chi connectivity index (χ0v) is 10.2. The maximum absolute atomic E-state index is 13.1. The van der Waals surface area contributed by atoms with Crippen LogP contribution in [0.1, 0.15) is 21.8 Å². The third kappa shape index (κ3) is 2.12. The van der Waals surface area contributed by atoms with Gasteiger partial charge in [0.15, 0.2) is 11.3 Å². The smallest absolute Gasteiger partial charge is 0.228 e. The quantitative estimate of drug-likeness (QED) is 0.658. The molecule has 0 radical (unpaired) electrons. The molecule has 0 saturated heterocycles. The number of furan rings is 1. The van der Waals surface area contributed by atoms with E-state index < -0.39 is 5.82 Å². The summed E-state index contributed by atoms with van der Waals surface area (Å²) in [5.41, 5.74) is 2.28. The summed E-state index contributed by atoms with van der Waals surface area (Å²) in [6, 6.07) is 10.7. The molecule has 0 aliphatic carbocycles. The van der Waals surface area contributed by atoms with Crippen LogP contribution in [0.2, 0.25) is 0 Å². The molecule has 0 atom stereocenters. The summed E-state index contributed by atoms with van der Waals surface area (Å²) in [6.45, 7) is 1.86. The third-order valence-corrected chi connectivity index (χ3v) is 2.82. The van der Waals surface area contributed by atoms with Gasteiger partial charge in [0.05, 0.1) is 0 Å². The van der Waals surface area contributed by atoms with E-state index in [1.54, 1.807) is 18.2 Å². The normalized spacial score (nSPS) is 10.8. The largest absolute Gasteiger partial charge is 0.451 e. The Hall–Kier alpha value is -2.49. The molecule has 0 unspecified atom stereocenters. The number of carbonyl (C=O) groups is 1. The molecule has 0 fully saturated rings. The van der Waals surface area contributed by atoms with E-state index in [0.29, 0.717) is 11.1 Å². The summed E-state index contributed by atoms with van der Waals surface area (Å²) in [7, 11) is 0. The van der Waals surface area contributed by atoms with E-state index in [0.717, 1.165) is 5.69 Å². The monoisotopic (exact) mass is 255 g/mol. The third-order valence-electron chi connectivity index (χ3n) is 2.82. The van der Waals surface area contributed by atoms with E-state index in [-0.39, 0.29) is 17.1 Å². The molecule has 0 spiro atoms. The van der Waals surface area contributed by atoms with Crippen LogP contribution in [-0.4, -0.2) is 10.8 Å². The van der Waals surface area contributed by atoms with Crippen molar-refractivity contribution in [3.63, 3.8) is 0 Å². The first-order valence-corrected chi connectivity index (χ1v) is 5.81. The van der Waals surface area contributed by atoms with Crippen LogP contribution in [0.4, 0.5) is 4.39 Å². The molecular weight excluding hydrogens is 245 g/mol. The topological polar surface area (TPSA) is 43.1 Å². The molecule has 3 nitrogen and oxygen atoms in total. The van der Waals surface area contributed by atoms with Crippen LogP contribution in [0.5, 0.6) is 0 Å². The van der Waals surface area contributed by atoms with Crippen LogP contribution in [0.25, 0.3) is 11.1 Å². The second kappa shape index (κ2) is 4.31. The first-order chi connectivity index (χ1) is 9.13. The average molecular weight is 255 g/mol. The van der Waals surface area contributed by atoms with Crippen molar-refractivity contribution in [3.8, 4) is 0 Å². The summed E-state index contributed by atoms with van der Waals surface area (Å²) in [5.74, 6) is -0.634. The van der Waals surface area contributed by atoms with E-state index in [2.05, 4.69) is 4.98 Å². The van der Waals surface area contributed by atoms with E-state index in [9.17, 15) is 9.18 Å². The summed E-state index contributed by atoms with van der Waals surface area (Å²) in [6.07, 6.45) is 0. The Labute approximate surface area is 108 Å². The SMILES string of the molecule is Cc1ccc2oc(C(=O)c3cccc(F)c3)cc2n1. The molecule has 1 aromatic carbocycles. The number of pyridine rings is 1. The fourth-order valence-electron chi connectivity index (χ4n) is 1.91. The van der Waals surface area contributed by atoms with Gasteiger partial charge in [0, 0.05) is 17.3 Å². The average Bonchev–Trinajstić information content (AvgIpc) is 2.80. The summed E-state index contributed by atoms with van der Waals surface area (Å²) < 4.78 is 18.6. The Morgan fingerprint density at radius 1 is 1.21 bits per heavy atom. The zero-order valence-electron chi connectivity index (χ0n) is 10.2. The molecule has 0 amide bonds. The molecule has 4 heteroatoms. The molecule has 0 bridgehead atoms. The number of ketones is 1. The van der Waals surface area contributed by atoms with Gasteiger partial charge in [-0.25, -0.2) is 9.37 Å². The number of nitrogens with zero attached hydrogens (tertiary/aromatic N) is 1. The van der Waals surface area contributed by atoms with E-state index in [1.807, 2.05) is 13.0 Å². The highest BCUT2D eigenvalue weighted by Crippen LogP contribution is 2.20. The van der Waals surface area contributed by atoms with Gasteiger partial charge >= 0.3 is 0 Å². The molecule has 94 valence electrons. The molecule has 2 heterocycles. The maximum Gasteiger partial charge on any atom is 0.228 e. The van der Waals surface area contributed by atoms with Crippen molar-refractivity contribution in [1.29, 1.82) is 0 Å². The highest BCUT2D eigenvalue weighted by molar-refractivity contribution is 6.08. The second-order valence-electron chi connectivity index (χ2n) is 4.29. The predicted octanol–water partition coefficient (Wildman–Crippen LogP) is 3.51. The molecule has 3 rings (SSSR count). The van der Waals surface area contributed by atoms with Crippen LogP contribution in [0.15, 0.2) is 46.9 Å². The molecular formula is C15H10FNO2. The molecule has 19 heavy (non-hydrogen) atoms. The first kappa shape index (κ1) is 11.6. The molecule has 2 aromatic heterocycles. The standard InChI is InChI=1S/C15H10FNO2/c1-9-5-6-13-12(17-9)8-14(19-13)15(18)10-3-2-4-11(16)7-10/h2-8H,1H3. The van der Waals surface area contributed by atoms with Crippen molar-refractivity contribution in [2.24, 2.45) is 0 Å². The Balaban J connectivity index is 2.06. The van der Waals surface area contributed by atoms with Crippen LogP contribution >= 0.6 is 0 Å². The number of fused-ring (bicyclic) bond motifs is 1. The van der Waals surface area contributed by atoms with Gasteiger partial charge in [-0.1, -0.05) is 12.1 Å². The zero-order chi connectivity index (χ0) is 13.4. The lowest BCUT2D eigenvalue weighted by atomic mass is 10.1. The molecule has 3 aromatic rings. The van der Waals surface area contributed by atoms with Crippen molar-refractivity contribution in [2.45, 2.75) is 6.92 Å². The van der Waals surface area contributed by atoms with Gasteiger partial charge in [-0.2, -0.15) is 0 Å². The van der Waals surface area contributed by atoms with E-state index >= 15 is 0 Å². The van der Waals surface area contributed by atoms with Crippen molar-refractivity contribution in [1.82, 2.24) is 4.98 Å². The number of carbonyl (C=O) groups excluding carboxylic acids is 1. The summed E-state index contributed by atoms with van der Waals surface area (Å²) in [5, 5.41) is 0. The summed E-state index contributed by atoms with van der Waals surface area (Å²) >= 11 is 0. The first-order valence-electron chi connectivity index (χ1n) is 5.81. The number of halogens is 1. The van der Waals surface area contributed by atoms with Crippen molar-refractivity contribution in [3.05, 3.63) is 65.3 Å². The van der Waals surface area contributed by atoms with Gasteiger partial charge in [-0.15, -0.1) is 0 Å². The number of hydrogen-bond acceptors (Lipinski definition) is 3. The van der Waals surface area contributed by atoms with Gasteiger partial charge in [0.1, 0.15) is 11.3 Å². The number of benzene rings is 1. The number of aryl methyl sites for hydroxylation is 1. The minimum atomic E-state index is -0.448. The highest BCUT2D eigenvalue weighted by atomic mass is 19.1. The minimum Gasteiger partial charge on any atom is -0.451 e. The van der Waals surface area contributed by atoms with Gasteiger partial charge in [0.2, 0.25) is 5.78 Å². The van der Waals surface area contributed by atoms with Crippen molar-refractivity contribution in [2.75, 3.05) is 0 Å². The lowest BCUT2D eigenvalue weighted by Gasteiger charge is -1.96. The van der Waals surface area contributed by atoms with E-state index in [4.69, 9.17) is 4.42 Å². The second-order valence-corrected chi connectivity index (χ2v) is 4.29. The van der Waals surface area contributed by atoms with E-state index in [1.165, 1.54) is 18.2 Å². The van der Waals surface area contributed by atoms with Crippen LogP contribution < -0.4 is 0 Å². The lowest BCUT2D eigenvalue weighted by molar-refractivity contribution is 0.101. The lowest BCUT2D eigenvalue weighted by Crippen LogP contribution is -1.99. The molecule has 0 saturated carbocycles. The Bertz CT molecular complexity index is 777. The van der Waals surface area contributed by atoms with Crippen molar-refractivity contribution < 1.29 is 13.6 Å². The fraction of sp³-hybridized carbons (Fsp3) is 0.0667. The Morgan fingerprint density at radius 2 is 2.05 bits per heavy atom.